The smallest absolute Gasteiger partial charge is 0.155 e. The van der Waals surface area contributed by atoms with Crippen LogP contribution in [0.25, 0.3) is 5.70 Å². The maximum atomic E-state index is 11.8. The molecule has 7 rings (SSSR count). The summed E-state index contributed by atoms with van der Waals surface area (Å²) in [5.41, 5.74) is 10.2. The SMILES string of the molecule is CN(C)c1ccc(C2=C(CCc3ccccc3)N3CC3(c3cc(C4CCCCC4)c(O)c(C4CCCCC4)c3)N2)cc1. The summed E-state index contributed by atoms with van der Waals surface area (Å²) in [6.45, 7) is 0.995. The Morgan fingerprint density at radius 1 is 0.786 bits per heavy atom. The summed E-state index contributed by atoms with van der Waals surface area (Å²) >= 11 is 0. The summed E-state index contributed by atoms with van der Waals surface area (Å²) in [6.07, 6.45) is 14.6. The van der Waals surface area contributed by atoms with Gasteiger partial charge in [0.25, 0.3) is 0 Å². The van der Waals surface area contributed by atoms with Crippen molar-refractivity contribution in [2.75, 3.05) is 25.5 Å². The zero-order valence-corrected chi connectivity index (χ0v) is 25.5. The third-order valence-corrected chi connectivity index (χ3v) is 10.6. The summed E-state index contributed by atoms with van der Waals surface area (Å²) in [4.78, 5) is 4.78. The minimum Gasteiger partial charge on any atom is -0.507 e. The fourth-order valence-corrected chi connectivity index (χ4v) is 8.06. The molecular formula is C38H47N3O. The Labute approximate surface area is 252 Å². The molecule has 3 fully saturated rings. The third kappa shape index (κ3) is 5.08. The van der Waals surface area contributed by atoms with Crippen molar-refractivity contribution in [1.29, 1.82) is 0 Å². The first kappa shape index (κ1) is 27.4. The second-order valence-electron chi connectivity index (χ2n) is 13.5. The molecule has 1 unspecified atom stereocenters. The lowest BCUT2D eigenvalue weighted by molar-refractivity contribution is 0.390. The van der Waals surface area contributed by atoms with Gasteiger partial charge in [-0.25, -0.2) is 0 Å². The van der Waals surface area contributed by atoms with Gasteiger partial charge in [-0.1, -0.05) is 81.0 Å². The van der Waals surface area contributed by atoms with Crippen LogP contribution in [0.3, 0.4) is 0 Å². The lowest BCUT2D eigenvalue weighted by Crippen LogP contribution is -2.28. The first-order chi connectivity index (χ1) is 20.5. The van der Waals surface area contributed by atoms with Crippen LogP contribution in [0.15, 0.2) is 72.4 Å². The maximum Gasteiger partial charge on any atom is 0.155 e. The molecule has 0 amide bonds. The zero-order valence-electron chi connectivity index (χ0n) is 25.5. The number of hydrogen-bond donors (Lipinski definition) is 2. The number of allylic oxidation sites excluding steroid dienone is 1. The van der Waals surface area contributed by atoms with Crippen LogP contribution in [0.1, 0.15) is 110 Å². The fraction of sp³-hybridized carbons (Fsp3) is 0.474. The Hall–Kier alpha value is -3.40. The van der Waals surface area contributed by atoms with E-state index in [1.807, 2.05) is 0 Å². The highest BCUT2D eigenvalue weighted by Crippen LogP contribution is 2.55. The number of benzene rings is 3. The Kier molecular flexibility index (Phi) is 7.42. The van der Waals surface area contributed by atoms with Crippen LogP contribution in [0.5, 0.6) is 5.75 Å². The summed E-state index contributed by atoms with van der Waals surface area (Å²) in [7, 11) is 4.20. The van der Waals surface area contributed by atoms with E-state index >= 15 is 0 Å². The van der Waals surface area contributed by atoms with Gasteiger partial charge in [-0.05, 0) is 96.9 Å². The van der Waals surface area contributed by atoms with Gasteiger partial charge in [0.05, 0.1) is 12.2 Å². The van der Waals surface area contributed by atoms with Crippen LogP contribution < -0.4 is 10.2 Å². The molecule has 2 aliphatic carbocycles. The van der Waals surface area contributed by atoms with Crippen molar-refractivity contribution in [1.82, 2.24) is 10.2 Å². The van der Waals surface area contributed by atoms with Gasteiger partial charge in [0.1, 0.15) is 5.75 Å². The molecule has 1 saturated heterocycles. The van der Waals surface area contributed by atoms with E-state index in [9.17, 15) is 5.11 Å². The highest BCUT2D eigenvalue weighted by molar-refractivity contribution is 5.74. The van der Waals surface area contributed by atoms with Gasteiger partial charge in [-0.3, -0.25) is 0 Å². The van der Waals surface area contributed by atoms with Gasteiger partial charge >= 0.3 is 0 Å². The molecule has 3 aromatic rings. The molecule has 0 aromatic heterocycles. The predicted molar refractivity (Wildman–Crippen MR) is 174 cm³/mol. The number of aryl methyl sites for hydroxylation is 1. The predicted octanol–water partition coefficient (Wildman–Crippen LogP) is 8.63. The quantitative estimate of drug-likeness (QED) is 0.270. The van der Waals surface area contributed by atoms with Crippen LogP contribution in [0.4, 0.5) is 5.69 Å². The molecule has 3 aromatic carbocycles. The number of fused-ring (bicyclic) bond motifs is 1. The highest BCUT2D eigenvalue weighted by Gasteiger charge is 2.60. The molecule has 0 spiro atoms. The average Bonchev–Trinajstić information content (AvgIpc) is 3.68. The summed E-state index contributed by atoms with van der Waals surface area (Å²) < 4.78 is 0. The third-order valence-electron chi connectivity index (χ3n) is 10.6. The van der Waals surface area contributed by atoms with E-state index < -0.39 is 0 Å². The van der Waals surface area contributed by atoms with E-state index in [1.165, 1.54) is 109 Å². The molecule has 2 N–H and O–H groups in total. The number of nitrogens with zero attached hydrogens (tertiary/aromatic N) is 2. The van der Waals surface area contributed by atoms with E-state index in [1.54, 1.807) is 0 Å². The van der Waals surface area contributed by atoms with Crippen molar-refractivity contribution in [2.45, 2.75) is 94.5 Å². The number of phenolic OH excluding ortho intramolecular Hbond substituents is 1. The number of phenols is 1. The van der Waals surface area contributed by atoms with Crippen LogP contribution in [-0.2, 0) is 12.1 Å². The Balaban J connectivity index is 1.27. The number of rotatable bonds is 8. The first-order valence-corrected chi connectivity index (χ1v) is 16.5. The van der Waals surface area contributed by atoms with Gasteiger partial charge in [0.15, 0.2) is 5.66 Å². The van der Waals surface area contributed by atoms with Crippen molar-refractivity contribution >= 4 is 11.4 Å². The minimum absolute atomic E-state index is 0.206. The van der Waals surface area contributed by atoms with Crippen LogP contribution in [0.2, 0.25) is 0 Å². The van der Waals surface area contributed by atoms with E-state index in [0.717, 1.165) is 19.4 Å². The standard InChI is InChI=1S/C38H47N3O/c1-40(2)32-21-19-30(20-22-32)36-35(23-18-27-12-6-3-7-13-27)41-26-38(41,39-36)31-24-33(28-14-8-4-9-15-28)37(42)34(25-31)29-16-10-5-11-17-29/h3,6-7,12-13,19-22,24-25,28-29,39,42H,4-5,8-11,14-18,23,26H2,1-2H3. The maximum absolute atomic E-state index is 11.8. The molecule has 2 heterocycles. The van der Waals surface area contributed by atoms with Crippen molar-refractivity contribution in [3.05, 3.63) is 100 Å². The second-order valence-corrected chi connectivity index (χ2v) is 13.5. The topological polar surface area (TPSA) is 38.5 Å². The van der Waals surface area contributed by atoms with Crippen molar-refractivity contribution in [3.8, 4) is 5.75 Å². The molecule has 42 heavy (non-hydrogen) atoms. The summed E-state index contributed by atoms with van der Waals surface area (Å²) in [5, 5.41) is 15.9. The molecule has 4 aliphatic rings. The average molecular weight is 562 g/mol. The molecule has 220 valence electrons. The van der Waals surface area contributed by atoms with Crippen molar-refractivity contribution < 1.29 is 5.11 Å². The molecule has 1 atom stereocenters. The normalized spacial score (nSPS) is 22.7. The Morgan fingerprint density at radius 2 is 1.38 bits per heavy atom. The van der Waals surface area contributed by atoms with Crippen molar-refractivity contribution in [2.24, 2.45) is 0 Å². The number of nitrogens with one attached hydrogen (secondary N) is 1. The lowest BCUT2D eigenvalue weighted by Gasteiger charge is -2.29. The van der Waals surface area contributed by atoms with E-state index in [-0.39, 0.29) is 5.66 Å². The Bertz CT molecular complexity index is 1390. The van der Waals surface area contributed by atoms with Crippen LogP contribution in [0, 0.1) is 0 Å². The zero-order chi connectivity index (χ0) is 28.7. The van der Waals surface area contributed by atoms with E-state index in [4.69, 9.17) is 0 Å². The van der Waals surface area contributed by atoms with Gasteiger partial charge in [-0.15, -0.1) is 0 Å². The van der Waals surface area contributed by atoms with Gasteiger partial charge in [0.2, 0.25) is 0 Å². The molecule has 2 saturated carbocycles. The number of aromatic hydroxyl groups is 1. The molecule has 0 radical (unpaired) electrons. The van der Waals surface area contributed by atoms with Crippen LogP contribution >= 0.6 is 0 Å². The van der Waals surface area contributed by atoms with Crippen LogP contribution in [-0.4, -0.2) is 30.6 Å². The second kappa shape index (κ2) is 11.4. The summed E-state index contributed by atoms with van der Waals surface area (Å²) in [6, 6.07) is 24.7. The summed E-state index contributed by atoms with van der Waals surface area (Å²) in [5.74, 6) is 1.58. The molecule has 2 aliphatic heterocycles. The molecule has 0 bridgehead atoms. The largest absolute Gasteiger partial charge is 0.507 e. The number of anilines is 1. The monoisotopic (exact) mass is 561 g/mol. The fourth-order valence-electron chi connectivity index (χ4n) is 8.06. The molecule has 4 heteroatoms. The van der Waals surface area contributed by atoms with Crippen molar-refractivity contribution in [3.63, 3.8) is 0 Å². The first-order valence-electron chi connectivity index (χ1n) is 16.5. The number of hydrogen-bond acceptors (Lipinski definition) is 4. The molecule has 4 nitrogen and oxygen atoms in total. The minimum atomic E-state index is -0.206. The highest BCUT2D eigenvalue weighted by atomic mass is 16.3. The van der Waals surface area contributed by atoms with Gasteiger partial charge < -0.3 is 20.2 Å². The van der Waals surface area contributed by atoms with Gasteiger partial charge in [-0.2, -0.15) is 0 Å². The Morgan fingerprint density at radius 3 is 1.95 bits per heavy atom. The van der Waals surface area contributed by atoms with E-state index in [2.05, 4.69) is 95.9 Å². The molecular weight excluding hydrogens is 514 g/mol. The lowest BCUT2D eigenvalue weighted by atomic mass is 9.77. The van der Waals surface area contributed by atoms with Gasteiger partial charge in [0, 0.05) is 31.0 Å². The van der Waals surface area contributed by atoms with E-state index in [0.29, 0.717) is 17.6 Å².